The summed E-state index contributed by atoms with van der Waals surface area (Å²) in [5, 5.41) is 37.4. The summed E-state index contributed by atoms with van der Waals surface area (Å²) >= 11 is 0. The summed E-state index contributed by atoms with van der Waals surface area (Å²) in [6.45, 7) is 6.88. The van der Waals surface area contributed by atoms with Gasteiger partial charge < -0.3 is 58.0 Å². The average molecular weight is 721 g/mol. The van der Waals surface area contributed by atoms with Crippen LogP contribution >= 0.6 is 0 Å². The number of rotatable bonds is 6. The molecule has 0 aromatic rings. The zero-order chi connectivity index (χ0) is 36.9. The van der Waals surface area contributed by atoms with Crippen LogP contribution in [0.2, 0.25) is 0 Å². The lowest BCUT2D eigenvalue weighted by molar-refractivity contribution is -0.314. The first kappa shape index (κ1) is 34.9. The molecule has 5 aliphatic heterocycles. The van der Waals surface area contributed by atoms with Gasteiger partial charge in [-0.25, -0.2) is 9.59 Å². The third-order valence-corrected chi connectivity index (χ3v) is 14.1. The number of carbonyl (C=O) groups is 4. The lowest BCUT2D eigenvalue weighted by Crippen LogP contribution is -2.79. The quantitative estimate of drug-likeness (QED) is 0.140. The van der Waals surface area contributed by atoms with E-state index in [1.165, 1.54) is 19.3 Å². The number of methoxy groups -OCH3 is 2. The van der Waals surface area contributed by atoms with Crippen LogP contribution in [0.3, 0.4) is 0 Å². The number of aliphatic hydroxyl groups excluding tert-OH is 1. The van der Waals surface area contributed by atoms with Crippen LogP contribution in [0.4, 0.5) is 0 Å². The van der Waals surface area contributed by atoms with E-state index in [2.05, 4.69) is 0 Å². The molecule has 16 atom stereocenters. The maximum absolute atomic E-state index is 14.2. The van der Waals surface area contributed by atoms with Crippen LogP contribution in [0.1, 0.15) is 47.5 Å². The topological polar surface area (TPSA) is 215 Å². The van der Waals surface area contributed by atoms with E-state index in [1.54, 1.807) is 33.8 Å². The summed E-state index contributed by atoms with van der Waals surface area (Å²) < 4.78 is 54.0. The van der Waals surface area contributed by atoms with Crippen molar-refractivity contribution in [2.45, 2.75) is 107 Å². The predicted molar refractivity (Wildman–Crippen MR) is 164 cm³/mol. The Labute approximate surface area is 293 Å². The van der Waals surface area contributed by atoms with Crippen LogP contribution < -0.4 is 0 Å². The number of carbonyl (C=O) groups excluding carboxylic acids is 4. The van der Waals surface area contributed by atoms with Gasteiger partial charge in [-0.05, 0) is 33.3 Å². The first-order valence-electron chi connectivity index (χ1n) is 17.2. The summed E-state index contributed by atoms with van der Waals surface area (Å²) in [4.78, 5) is 54.4. The number of esters is 4. The van der Waals surface area contributed by atoms with Gasteiger partial charge in [0.05, 0.1) is 52.0 Å². The molecule has 7 fully saturated rings. The fraction of sp³-hybridized carbons (Fsp3) is 0.771. The van der Waals surface area contributed by atoms with E-state index in [0.29, 0.717) is 0 Å². The fourth-order valence-electron chi connectivity index (χ4n) is 12.2. The maximum Gasteiger partial charge on any atom is 0.366 e. The van der Waals surface area contributed by atoms with Crippen molar-refractivity contribution in [3.8, 4) is 0 Å². The smallest absolute Gasteiger partial charge is 0.366 e. The average Bonchev–Trinajstić information content (AvgIpc) is 3.47. The van der Waals surface area contributed by atoms with Crippen LogP contribution in [0.15, 0.2) is 24.0 Å². The van der Waals surface area contributed by atoms with Gasteiger partial charge >= 0.3 is 23.9 Å². The standard InChI is InChI=1S/C35H44O16/c1-8-15(2)24(38)49-18-12-19(48-16(3)36)32(26(39)43-6)13-46-21-22(32)31(18)14-47-34(42,27(40)44-7)25(31)29(4,23(21)37)35-20-11-17(30(35,5)51-35)33(41)9-10-45-28(33)50-20/h8-10,17-23,25,28,37,41-42H,11-14H2,1-7H3/b15-8+/t17-,18-,19+,20-,21+,22+,23+,25-,28-,29+,30-,31-,32-,33-,34-,35-/m0/s1. The van der Waals surface area contributed by atoms with Gasteiger partial charge in [-0.15, -0.1) is 0 Å². The van der Waals surface area contributed by atoms with E-state index in [1.807, 2.05) is 0 Å². The molecule has 16 nitrogen and oxygen atoms in total. The van der Waals surface area contributed by atoms with Crippen LogP contribution in [-0.4, -0.2) is 126 Å². The zero-order valence-electron chi connectivity index (χ0n) is 29.4. The molecule has 2 bridgehead atoms. The molecule has 8 rings (SSSR count). The minimum atomic E-state index is -2.82. The van der Waals surface area contributed by atoms with Crippen molar-refractivity contribution >= 4 is 23.9 Å². The number of hydrogen-bond donors (Lipinski definition) is 3. The molecule has 5 heterocycles. The first-order chi connectivity index (χ1) is 23.9. The van der Waals surface area contributed by atoms with Gasteiger partial charge in [0.2, 0.25) is 6.29 Å². The predicted octanol–water partition coefficient (Wildman–Crippen LogP) is -0.203. The van der Waals surface area contributed by atoms with Crippen molar-refractivity contribution in [1.29, 1.82) is 0 Å². The fourth-order valence-corrected chi connectivity index (χ4v) is 12.2. The Bertz CT molecular complexity index is 1660. The van der Waals surface area contributed by atoms with Crippen LogP contribution in [0.5, 0.6) is 0 Å². The Morgan fingerprint density at radius 2 is 1.67 bits per heavy atom. The highest BCUT2D eigenvalue weighted by Gasteiger charge is 2.97. The molecule has 280 valence electrons. The second kappa shape index (κ2) is 10.5. The molecule has 3 N–H and O–H groups in total. The van der Waals surface area contributed by atoms with E-state index in [4.69, 9.17) is 42.6 Å². The third kappa shape index (κ3) is 3.65. The SMILES string of the molecule is C/C=C(\C)C(=O)O[C@H]1C[C@@H](OC(C)=O)[C@@]2(C(=O)OC)CO[C@H]3[C@@H](O)[C@@](C)([C@]45O[C@@]4(C)[C@@H]4C[C@@H]5O[C@@H]5OC=C[C@@]54O)[C@H]4[C@]1(CO[C@]4(O)C(=O)OC)[C@@H]32. The number of fused-ring (bicyclic) bond motifs is 7. The van der Waals surface area contributed by atoms with Gasteiger partial charge in [-0.3, -0.25) is 9.59 Å². The van der Waals surface area contributed by atoms with Crippen LogP contribution in [0, 0.1) is 34.0 Å². The second-order valence-electron chi connectivity index (χ2n) is 15.8. The van der Waals surface area contributed by atoms with E-state index in [0.717, 1.165) is 14.2 Å². The highest BCUT2D eigenvalue weighted by atomic mass is 16.7. The summed E-state index contributed by atoms with van der Waals surface area (Å²) in [5.41, 5.74) is -9.47. The van der Waals surface area contributed by atoms with Crippen molar-refractivity contribution < 1.29 is 77.1 Å². The zero-order valence-corrected chi connectivity index (χ0v) is 29.4. The number of aliphatic hydroxyl groups is 3. The monoisotopic (exact) mass is 720 g/mol. The van der Waals surface area contributed by atoms with Gasteiger partial charge in [0, 0.05) is 47.5 Å². The van der Waals surface area contributed by atoms with Crippen molar-refractivity contribution in [2.24, 2.45) is 34.0 Å². The highest BCUT2D eigenvalue weighted by Crippen LogP contribution is 2.83. The maximum atomic E-state index is 14.2. The van der Waals surface area contributed by atoms with Gasteiger partial charge in [0.1, 0.15) is 28.8 Å². The number of allylic oxidation sites excluding steroid dienone is 1. The normalized spacial score (nSPS) is 53.9. The van der Waals surface area contributed by atoms with E-state index in [9.17, 15) is 34.5 Å². The molecule has 0 aromatic heterocycles. The Morgan fingerprint density at radius 3 is 2.31 bits per heavy atom. The molecule has 4 saturated heterocycles. The molecule has 51 heavy (non-hydrogen) atoms. The molecule has 16 heteroatoms. The minimum Gasteiger partial charge on any atom is -0.469 e. The Balaban J connectivity index is 1.40. The minimum absolute atomic E-state index is 0.235. The van der Waals surface area contributed by atoms with Gasteiger partial charge in [0.25, 0.3) is 5.79 Å². The molecular formula is C35H44O16. The van der Waals surface area contributed by atoms with Gasteiger partial charge in [-0.1, -0.05) is 13.0 Å². The van der Waals surface area contributed by atoms with Gasteiger partial charge in [0.15, 0.2) is 5.60 Å². The van der Waals surface area contributed by atoms with Crippen LogP contribution in [-0.2, 0) is 61.8 Å². The van der Waals surface area contributed by atoms with Crippen molar-refractivity contribution in [3.05, 3.63) is 24.0 Å². The van der Waals surface area contributed by atoms with E-state index in [-0.39, 0.29) is 18.4 Å². The third-order valence-electron chi connectivity index (χ3n) is 14.1. The van der Waals surface area contributed by atoms with Crippen molar-refractivity contribution in [2.75, 3.05) is 27.4 Å². The molecule has 0 radical (unpaired) electrons. The lowest BCUT2D eigenvalue weighted by atomic mass is 9.37. The molecule has 0 aromatic carbocycles. The van der Waals surface area contributed by atoms with Gasteiger partial charge in [-0.2, -0.15) is 0 Å². The molecule has 0 unspecified atom stereocenters. The second-order valence-corrected chi connectivity index (χ2v) is 15.8. The molecule has 3 aliphatic carbocycles. The Kier molecular flexibility index (Phi) is 7.20. The number of ether oxygens (including phenoxy) is 9. The highest BCUT2D eigenvalue weighted by molar-refractivity contribution is 5.88. The Morgan fingerprint density at radius 1 is 0.961 bits per heavy atom. The van der Waals surface area contributed by atoms with Crippen molar-refractivity contribution in [1.82, 2.24) is 0 Å². The summed E-state index contributed by atoms with van der Waals surface area (Å²) in [7, 11) is 2.23. The lowest BCUT2D eigenvalue weighted by Gasteiger charge is -2.65. The molecular weight excluding hydrogens is 676 g/mol. The largest absolute Gasteiger partial charge is 0.469 e. The first-order valence-corrected chi connectivity index (χ1v) is 17.2. The van der Waals surface area contributed by atoms with E-state index < -0.39 is 130 Å². The summed E-state index contributed by atoms with van der Waals surface area (Å²) in [6.07, 6.45) is -3.11. The Hall–Kier alpha value is -3.12. The van der Waals surface area contributed by atoms with Crippen LogP contribution in [0.25, 0.3) is 0 Å². The van der Waals surface area contributed by atoms with E-state index >= 15 is 0 Å². The number of epoxide rings is 1. The number of hydrogen-bond acceptors (Lipinski definition) is 16. The van der Waals surface area contributed by atoms with Crippen molar-refractivity contribution in [3.63, 3.8) is 0 Å². The summed E-state index contributed by atoms with van der Waals surface area (Å²) in [6, 6.07) is 0. The molecule has 3 saturated carbocycles. The molecule has 1 spiro atoms. The molecule has 0 amide bonds. The summed E-state index contributed by atoms with van der Waals surface area (Å²) in [5.74, 6) is -9.76. The molecule has 8 aliphatic rings.